The van der Waals surface area contributed by atoms with Crippen LogP contribution in [0.4, 0.5) is 0 Å². The van der Waals surface area contributed by atoms with Crippen LogP contribution in [0.1, 0.15) is 10.4 Å². The van der Waals surface area contributed by atoms with E-state index >= 15 is 0 Å². The average Bonchev–Trinajstić information content (AvgIpc) is 2.46. The van der Waals surface area contributed by atoms with Crippen molar-refractivity contribution in [3.05, 3.63) is 54.2 Å². The van der Waals surface area contributed by atoms with Gasteiger partial charge in [-0.2, -0.15) is 0 Å². The Hall–Kier alpha value is -2.20. The summed E-state index contributed by atoms with van der Waals surface area (Å²) in [6.45, 7) is 0.207. The van der Waals surface area contributed by atoms with Crippen molar-refractivity contribution in [3.63, 3.8) is 0 Å². The first-order valence-electron chi connectivity index (χ1n) is 5.72. The lowest BCUT2D eigenvalue weighted by atomic mass is 10.1. The van der Waals surface area contributed by atoms with E-state index in [-0.39, 0.29) is 19.1 Å². The van der Waals surface area contributed by atoms with Crippen LogP contribution in [0.25, 0.3) is 11.3 Å². The Morgan fingerprint density at radius 2 is 1.94 bits per heavy atom. The normalized spacial score (nSPS) is 10.1. The number of nitrogens with one attached hydrogen (secondary N) is 1. The standard InChI is InChI=1S/C14H14N2O2/c17-10-9-16-14(18)12-6-4-11(5-7-12)13-3-1-2-8-15-13/h1-8,17H,9-10H2,(H,16,18). The number of aliphatic hydroxyl groups excluding tert-OH is 1. The summed E-state index contributed by atoms with van der Waals surface area (Å²) in [6, 6.07) is 12.9. The summed E-state index contributed by atoms with van der Waals surface area (Å²) in [5.41, 5.74) is 2.41. The largest absolute Gasteiger partial charge is 0.395 e. The second-order valence-corrected chi connectivity index (χ2v) is 3.77. The molecule has 0 aliphatic rings. The lowest BCUT2D eigenvalue weighted by molar-refractivity contribution is 0.0945. The van der Waals surface area contributed by atoms with Crippen molar-refractivity contribution in [1.29, 1.82) is 0 Å². The highest BCUT2D eigenvalue weighted by Gasteiger charge is 2.05. The summed E-state index contributed by atoms with van der Waals surface area (Å²) < 4.78 is 0. The van der Waals surface area contributed by atoms with Crippen LogP contribution >= 0.6 is 0 Å². The van der Waals surface area contributed by atoms with Crippen LogP contribution in [0.15, 0.2) is 48.7 Å². The van der Waals surface area contributed by atoms with Gasteiger partial charge in [0.25, 0.3) is 5.91 Å². The molecule has 18 heavy (non-hydrogen) atoms. The molecule has 0 unspecified atom stereocenters. The van der Waals surface area contributed by atoms with E-state index in [1.165, 1.54) is 0 Å². The Labute approximate surface area is 105 Å². The van der Waals surface area contributed by atoms with Gasteiger partial charge in [0, 0.05) is 23.9 Å². The lowest BCUT2D eigenvalue weighted by Crippen LogP contribution is -2.26. The van der Waals surface area contributed by atoms with Crippen molar-refractivity contribution >= 4 is 5.91 Å². The van der Waals surface area contributed by atoms with Crippen molar-refractivity contribution in [3.8, 4) is 11.3 Å². The third-order valence-electron chi connectivity index (χ3n) is 2.51. The first kappa shape index (κ1) is 12.3. The van der Waals surface area contributed by atoms with E-state index in [4.69, 9.17) is 5.11 Å². The average molecular weight is 242 g/mol. The summed E-state index contributed by atoms with van der Waals surface area (Å²) >= 11 is 0. The number of pyridine rings is 1. The highest BCUT2D eigenvalue weighted by atomic mass is 16.3. The number of nitrogens with zero attached hydrogens (tertiary/aromatic N) is 1. The molecule has 0 fully saturated rings. The van der Waals surface area contributed by atoms with Gasteiger partial charge in [0.1, 0.15) is 0 Å². The first-order valence-corrected chi connectivity index (χ1v) is 5.72. The molecular formula is C14H14N2O2. The van der Waals surface area contributed by atoms with Gasteiger partial charge < -0.3 is 10.4 Å². The quantitative estimate of drug-likeness (QED) is 0.853. The summed E-state index contributed by atoms with van der Waals surface area (Å²) in [7, 11) is 0. The molecule has 1 amide bonds. The van der Waals surface area contributed by atoms with E-state index in [0.717, 1.165) is 11.3 Å². The minimum atomic E-state index is -0.184. The highest BCUT2D eigenvalue weighted by Crippen LogP contribution is 2.16. The molecule has 0 spiro atoms. The van der Waals surface area contributed by atoms with Gasteiger partial charge in [0.15, 0.2) is 0 Å². The van der Waals surface area contributed by atoms with Gasteiger partial charge in [-0.05, 0) is 24.3 Å². The van der Waals surface area contributed by atoms with E-state index in [1.54, 1.807) is 18.3 Å². The predicted molar refractivity (Wildman–Crippen MR) is 69.1 cm³/mol. The molecule has 0 aliphatic carbocycles. The Kier molecular flexibility index (Phi) is 4.04. The number of aliphatic hydroxyl groups is 1. The number of benzene rings is 1. The van der Waals surface area contributed by atoms with Crippen LogP contribution in [-0.4, -0.2) is 29.1 Å². The maximum Gasteiger partial charge on any atom is 0.251 e. The molecule has 4 heteroatoms. The van der Waals surface area contributed by atoms with E-state index in [1.807, 2.05) is 30.3 Å². The first-order chi connectivity index (χ1) is 8.81. The molecule has 1 heterocycles. The number of carbonyl (C=O) groups is 1. The molecule has 0 saturated heterocycles. The minimum absolute atomic E-state index is 0.0578. The summed E-state index contributed by atoms with van der Waals surface area (Å²) in [6.07, 6.45) is 1.73. The monoisotopic (exact) mass is 242 g/mol. The van der Waals surface area contributed by atoms with Gasteiger partial charge in [0.05, 0.1) is 12.3 Å². The number of rotatable bonds is 4. The van der Waals surface area contributed by atoms with Gasteiger partial charge in [-0.25, -0.2) is 0 Å². The van der Waals surface area contributed by atoms with E-state index in [0.29, 0.717) is 5.56 Å². The van der Waals surface area contributed by atoms with Crippen LogP contribution in [-0.2, 0) is 0 Å². The zero-order valence-electron chi connectivity index (χ0n) is 9.84. The number of carbonyl (C=O) groups excluding carboxylic acids is 1. The summed E-state index contributed by atoms with van der Waals surface area (Å²) in [5, 5.41) is 11.2. The van der Waals surface area contributed by atoms with Crippen LogP contribution < -0.4 is 5.32 Å². The smallest absolute Gasteiger partial charge is 0.251 e. The molecule has 2 N–H and O–H groups in total. The second kappa shape index (κ2) is 5.93. The zero-order chi connectivity index (χ0) is 12.8. The van der Waals surface area contributed by atoms with Gasteiger partial charge >= 0.3 is 0 Å². The SMILES string of the molecule is O=C(NCCO)c1ccc(-c2ccccn2)cc1. The van der Waals surface area contributed by atoms with Gasteiger partial charge in [-0.3, -0.25) is 9.78 Å². The van der Waals surface area contributed by atoms with Crippen LogP contribution in [0.2, 0.25) is 0 Å². The highest BCUT2D eigenvalue weighted by molar-refractivity contribution is 5.94. The maximum absolute atomic E-state index is 11.6. The number of amides is 1. The Morgan fingerprint density at radius 3 is 2.56 bits per heavy atom. The molecule has 0 radical (unpaired) electrons. The molecule has 2 rings (SSSR count). The minimum Gasteiger partial charge on any atom is -0.395 e. The van der Waals surface area contributed by atoms with E-state index in [9.17, 15) is 4.79 Å². The van der Waals surface area contributed by atoms with Gasteiger partial charge in [-0.15, -0.1) is 0 Å². The molecule has 0 saturated carbocycles. The molecule has 0 atom stereocenters. The predicted octanol–water partition coefficient (Wildman–Crippen LogP) is 1.47. The van der Waals surface area contributed by atoms with Crippen LogP contribution in [0.3, 0.4) is 0 Å². The molecule has 1 aromatic heterocycles. The Morgan fingerprint density at radius 1 is 1.17 bits per heavy atom. The number of aromatic nitrogens is 1. The number of hydrogen-bond donors (Lipinski definition) is 2. The van der Waals surface area contributed by atoms with Crippen molar-refractivity contribution in [1.82, 2.24) is 10.3 Å². The fourth-order valence-electron chi connectivity index (χ4n) is 1.60. The molecule has 4 nitrogen and oxygen atoms in total. The molecule has 0 bridgehead atoms. The summed E-state index contributed by atoms with van der Waals surface area (Å²) in [4.78, 5) is 15.9. The fourth-order valence-corrected chi connectivity index (χ4v) is 1.60. The third-order valence-corrected chi connectivity index (χ3v) is 2.51. The Bertz CT molecular complexity index is 509. The van der Waals surface area contributed by atoms with Gasteiger partial charge in [0.2, 0.25) is 0 Å². The molecule has 1 aromatic carbocycles. The molecule has 0 aliphatic heterocycles. The van der Waals surface area contributed by atoms with E-state index < -0.39 is 0 Å². The van der Waals surface area contributed by atoms with Crippen molar-refractivity contribution in [2.45, 2.75) is 0 Å². The maximum atomic E-state index is 11.6. The topological polar surface area (TPSA) is 62.2 Å². The molecule has 2 aromatic rings. The summed E-state index contributed by atoms with van der Waals surface area (Å²) in [5.74, 6) is -0.184. The van der Waals surface area contributed by atoms with Crippen molar-refractivity contribution in [2.24, 2.45) is 0 Å². The third kappa shape index (κ3) is 2.93. The fraction of sp³-hybridized carbons (Fsp3) is 0.143. The number of hydrogen-bond acceptors (Lipinski definition) is 3. The van der Waals surface area contributed by atoms with E-state index in [2.05, 4.69) is 10.3 Å². The van der Waals surface area contributed by atoms with Crippen LogP contribution in [0, 0.1) is 0 Å². The van der Waals surface area contributed by atoms with Gasteiger partial charge in [-0.1, -0.05) is 18.2 Å². The lowest BCUT2D eigenvalue weighted by Gasteiger charge is -2.04. The second-order valence-electron chi connectivity index (χ2n) is 3.77. The van der Waals surface area contributed by atoms with Crippen LogP contribution in [0.5, 0.6) is 0 Å². The zero-order valence-corrected chi connectivity index (χ0v) is 9.84. The Balaban J connectivity index is 2.13. The van der Waals surface area contributed by atoms with Crippen molar-refractivity contribution in [2.75, 3.05) is 13.2 Å². The molecular weight excluding hydrogens is 228 g/mol. The van der Waals surface area contributed by atoms with Crippen molar-refractivity contribution < 1.29 is 9.90 Å². The molecule has 92 valence electrons.